The largest absolute Gasteiger partial charge is 0.493 e. The predicted molar refractivity (Wildman–Crippen MR) is 119 cm³/mol. The van der Waals surface area contributed by atoms with Crippen molar-refractivity contribution in [2.45, 2.75) is 46.6 Å². The number of carbonyl (C=O) groups is 2. The topological polar surface area (TPSA) is 76.7 Å². The Morgan fingerprint density at radius 3 is 2.73 bits per heavy atom. The molecule has 2 N–H and O–H groups in total. The quantitative estimate of drug-likeness (QED) is 0.650. The molecule has 158 valence electrons. The molecule has 6 heteroatoms. The van der Waals surface area contributed by atoms with E-state index in [0.29, 0.717) is 24.4 Å². The summed E-state index contributed by atoms with van der Waals surface area (Å²) in [6.07, 6.45) is 4.58. The minimum absolute atomic E-state index is 0.0763. The zero-order chi connectivity index (χ0) is 21.7. The van der Waals surface area contributed by atoms with Crippen LogP contribution in [0.3, 0.4) is 0 Å². The van der Waals surface area contributed by atoms with Crippen LogP contribution in [0.25, 0.3) is 6.08 Å². The molecule has 6 nitrogen and oxygen atoms in total. The molecule has 30 heavy (non-hydrogen) atoms. The summed E-state index contributed by atoms with van der Waals surface area (Å²) >= 11 is 0. The molecule has 1 unspecified atom stereocenters. The first kappa shape index (κ1) is 21.4. The van der Waals surface area contributed by atoms with Crippen molar-refractivity contribution in [2.75, 3.05) is 17.2 Å². The Bertz CT molecular complexity index is 981. The number of fused-ring (bicyclic) bond motifs is 1. The number of benzene rings is 2. The summed E-state index contributed by atoms with van der Waals surface area (Å²) in [5.74, 6) is 1.22. The van der Waals surface area contributed by atoms with E-state index in [0.717, 1.165) is 34.6 Å². The van der Waals surface area contributed by atoms with Crippen LogP contribution in [0, 0.1) is 6.92 Å². The minimum Gasteiger partial charge on any atom is -0.493 e. The lowest BCUT2D eigenvalue weighted by molar-refractivity contribution is -0.116. The Balaban J connectivity index is 1.76. The summed E-state index contributed by atoms with van der Waals surface area (Å²) < 4.78 is 11.6. The highest BCUT2D eigenvalue weighted by molar-refractivity contribution is 6.03. The molecule has 2 amide bonds. The predicted octanol–water partition coefficient (Wildman–Crippen LogP) is 4.72. The normalized spacial score (nSPS) is 14.9. The lowest BCUT2D eigenvalue weighted by atomic mass is 10.1. The molecule has 2 aromatic carbocycles. The molecule has 3 rings (SSSR count). The molecular formula is C24H28N2O4. The van der Waals surface area contributed by atoms with Gasteiger partial charge in [-0.1, -0.05) is 13.0 Å². The average Bonchev–Trinajstić information content (AvgIpc) is 3.07. The molecule has 1 atom stereocenters. The van der Waals surface area contributed by atoms with E-state index in [-0.39, 0.29) is 17.9 Å². The monoisotopic (exact) mass is 408 g/mol. The highest BCUT2D eigenvalue weighted by Crippen LogP contribution is 2.35. The van der Waals surface area contributed by atoms with Crippen molar-refractivity contribution < 1.29 is 19.1 Å². The van der Waals surface area contributed by atoms with E-state index in [9.17, 15) is 9.59 Å². The first-order chi connectivity index (χ1) is 14.4. The third kappa shape index (κ3) is 5.20. The first-order valence-electron chi connectivity index (χ1n) is 10.3. The zero-order valence-corrected chi connectivity index (χ0v) is 17.9. The second kappa shape index (κ2) is 9.48. The van der Waals surface area contributed by atoms with Crippen molar-refractivity contribution in [1.29, 1.82) is 0 Å². The number of nitrogens with one attached hydrogen (secondary N) is 2. The molecule has 1 aliphatic heterocycles. The van der Waals surface area contributed by atoms with E-state index in [1.165, 1.54) is 6.08 Å². The molecule has 0 saturated heterocycles. The van der Waals surface area contributed by atoms with Gasteiger partial charge in [0.25, 0.3) is 0 Å². The van der Waals surface area contributed by atoms with Crippen molar-refractivity contribution in [2.24, 2.45) is 0 Å². The number of ether oxygens (including phenoxy) is 2. The van der Waals surface area contributed by atoms with Gasteiger partial charge < -0.3 is 20.1 Å². The van der Waals surface area contributed by atoms with Crippen molar-refractivity contribution in [3.8, 4) is 11.5 Å². The number of anilines is 2. The maximum absolute atomic E-state index is 12.5. The second-order valence-electron chi connectivity index (χ2n) is 7.32. The molecule has 2 aromatic rings. The third-order valence-corrected chi connectivity index (χ3v) is 4.84. The number of hydrogen-bond donors (Lipinski definition) is 2. The van der Waals surface area contributed by atoms with Gasteiger partial charge in [0.2, 0.25) is 11.8 Å². The van der Waals surface area contributed by atoms with Crippen LogP contribution < -0.4 is 20.1 Å². The molecule has 0 aliphatic carbocycles. The van der Waals surface area contributed by atoms with E-state index in [1.807, 2.05) is 45.0 Å². The van der Waals surface area contributed by atoms with Crippen LogP contribution >= 0.6 is 0 Å². The van der Waals surface area contributed by atoms with E-state index < -0.39 is 0 Å². The van der Waals surface area contributed by atoms with E-state index in [1.54, 1.807) is 19.1 Å². The molecule has 0 saturated carbocycles. The maximum Gasteiger partial charge on any atom is 0.248 e. The summed E-state index contributed by atoms with van der Waals surface area (Å²) in [7, 11) is 0. The van der Waals surface area contributed by atoms with Gasteiger partial charge in [0.1, 0.15) is 17.6 Å². The third-order valence-electron chi connectivity index (χ3n) is 4.84. The Labute approximate surface area is 177 Å². The van der Waals surface area contributed by atoms with Crippen LogP contribution in [0.5, 0.6) is 11.5 Å². The molecule has 1 aliphatic rings. The summed E-state index contributed by atoms with van der Waals surface area (Å²) in [6.45, 7) is 8.19. The molecule has 0 spiro atoms. The van der Waals surface area contributed by atoms with Gasteiger partial charge in [-0.25, -0.2) is 0 Å². The van der Waals surface area contributed by atoms with Gasteiger partial charge in [0.15, 0.2) is 0 Å². The standard InChI is InChI=1S/C24H28N2O4/c1-5-23(27)25-19-9-7-15(3)20(14-19)26-24(28)10-8-17-12-22-18(11-16(4)30-22)13-21(17)29-6-2/h7-10,12-14,16H,5-6,11H2,1-4H3,(H,25,27)(H,26,28)/b10-8+. The van der Waals surface area contributed by atoms with Crippen LogP contribution in [-0.4, -0.2) is 24.5 Å². The fourth-order valence-corrected chi connectivity index (χ4v) is 3.29. The number of amides is 2. The molecule has 0 fully saturated rings. The van der Waals surface area contributed by atoms with E-state index in [2.05, 4.69) is 10.6 Å². The second-order valence-corrected chi connectivity index (χ2v) is 7.32. The SMILES string of the molecule is CCOc1cc2c(cc1/C=C/C(=O)Nc1cc(NC(=O)CC)ccc1C)OC(C)C2. The molecule has 1 heterocycles. The molecular weight excluding hydrogens is 380 g/mol. The van der Waals surface area contributed by atoms with Crippen molar-refractivity contribution >= 4 is 29.3 Å². The Morgan fingerprint density at radius 2 is 2.00 bits per heavy atom. The molecule has 0 aromatic heterocycles. The Morgan fingerprint density at radius 1 is 1.20 bits per heavy atom. The molecule has 0 radical (unpaired) electrons. The summed E-state index contributed by atoms with van der Waals surface area (Å²) in [4.78, 5) is 24.1. The van der Waals surface area contributed by atoms with Gasteiger partial charge in [-0.15, -0.1) is 0 Å². The Hall–Kier alpha value is -3.28. The minimum atomic E-state index is -0.269. The summed E-state index contributed by atoms with van der Waals surface area (Å²) in [6, 6.07) is 9.33. The average molecular weight is 408 g/mol. The fraction of sp³-hybridized carbons (Fsp3) is 0.333. The van der Waals surface area contributed by atoms with Crippen LogP contribution in [0.1, 0.15) is 43.9 Å². The maximum atomic E-state index is 12.5. The number of rotatable bonds is 7. The lowest BCUT2D eigenvalue weighted by Gasteiger charge is -2.11. The molecule has 0 bridgehead atoms. The highest BCUT2D eigenvalue weighted by atomic mass is 16.5. The van der Waals surface area contributed by atoms with Crippen molar-refractivity contribution in [3.05, 3.63) is 53.1 Å². The summed E-state index contributed by atoms with van der Waals surface area (Å²) in [5, 5.41) is 5.67. The van der Waals surface area contributed by atoms with Crippen molar-refractivity contribution in [1.82, 2.24) is 0 Å². The fourth-order valence-electron chi connectivity index (χ4n) is 3.29. The lowest BCUT2D eigenvalue weighted by Crippen LogP contribution is -2.12. The van der Waals surface area contributed by atoms with Gasteiger partial charge in [-0.2, -0.15) is 0 Å². The van der Waals surface area contributed by atoms with Gasteiger partial charge in [0.05, 0.1) is 6.61 Å². The van der Waals surface area contributed by atoms with Gasteiger partial charge in [-0.05, 0) is 56.7 Å². The van der Waals surface area contributed by atoms with Crippen LogP contribution in [-0.2, 0) is 16.0 Å². The number of aryl methyl sites for hydroxylation is 1. The smallest absolute Gasteiger partial charge is 0.248 e. The Kier molecular flexibility index (Phi) is 6.77. The van der Waals surface area contributed by atoms with Crippen LogP contribution in [0.2, 0.25) is 0 Å². The van der Waals surface area contributed by atoms with Gasteiger partial charge >= 0.3 is 0 Å². The van der Waals surface area contributed by atoms with E-state index in [4.69, 9.17) is 9.47 Å². The van der Waals surface area contributed by atoms with Crippen molar-refractivity contribution in [3.63, 3.8) is 0 Å². The van der Waals surface area contributed by atoms with Gasteiger partial charge in [0, 0.05) is 41.4 Å². The summed E-state index contributed by atoms with van der Waals surface area (Å²) in [5.41, 5.74) is 4.11. The highest BCUT2D eigenvalue weighted by Gasteiger charge is 2.21. The van der Waals surface area contributed by atoms with Crippen LogP contribution in [0.4, 0.5) is 11.4 Å². The van der Waals surface area contributed by atoms with Crippen LogP contribution in [0.15, 0.2) is 36.4 Å². The van der Waals surface area contributed by atoms with E-state index >= 15 is 0 Å². The number of carbonyl (C=O) groups excluding carboxylic acids is 2. The zero-order valence-electron chi connectivity index (χ0n) is 17.9. The number of hydrogen-bond acceptors (Lipinski definition) is 4. The first-order valence-corrected chi connectivity index (χ1v) is 10.3. The van der Waals surface area contributed by atoms with Gasteiger partial charge in [-0.3, -0.25) is 9.59 Å².